The van der Waals surface area contributed by atoms with Crippen molar-refractivity contribution in [2.45, 2.75) is 35.3 Å². The molecule has 1 aromatic heterocycles. The Bertz CT molecular complexity index is 2390. The van der Waals surface area contributed by atoms with Crippen LogP contribution in [0, 0.1) is 0 Å². The summed E-state index contributed by atoms with van der Waals surface area (Å²) in [6.45, 7) is 2.53. The minimum atomic E-state index is -3.77. The van der Waals surface area contributed by atoms with Crippen LogP contribution in [0.15, 0.2) is 101 Å². The number of carbonyl (C=O) groups excluding carboxylic acids is 1. The normalized spacial score (nSPS) is 19.4. The number of aromatic nitrogens is 2. The molecule has 5 aromatic rings. The molecule has 0 N–H and O–H groups in total. The van der Waals surface area contributed by atoms with Crippen LogP contribution >= 0.6 is 0 Å². The molecule has 3 aliphatic rings. The van der Waals surface area contributed by atoms with Crippen molar-refractivity contribution in [3.05, 3.63) is 96.7 Å². The van der Waals surface area contributed by atoms with Crippen molar-refractivity contribution in [2.24, 2.45) is 0 Å². The minimum absolute atomic E-state index is 0.194. The Hall–Kier alpha value is -4.51. The summed E-state index contributed by atoms with van der Waals surface area (Å²) in [5.41, 5.74) is 0.276. The van der Waals surface area contributed by atoms with Gasteiger partial charge in [0.05, 0.1) is 15.4 Å². The van der Waals surface area contributed by atoms with E-state index in [1.807, 2.05) is 70.5 Å². The number of sulfonamides is 2. The van der Waals surface area contributed by atoms with Crippen LogP contribution in [0.3, 0.4) is 0 Å². The van der Waals surface area contributed by atoms with Crippen molar-refractivity contribution in [3.8, 4) is 0 Å². The van der Waals surface area contributed by atoms with Crippen molar-refractivity contribution in [2.75, 3.05) is 75.4 Å². The molecule has 54 heavy (non-hydrogen) atoms. The second-order valence-corrected chi connectivity index (χ2v) is 17.6. The smallest absolute Gasteiger partial charge is 0.243 e. The third-order valence-corrected chi connectivity index (χ3v) is 14.2. The van der Waals surface area contributed by atoms with E-state index in [2.05, 4.69) is 4.98 Å². The maximum Gasteiger partial charge on any atom is 0.243 e. The highest BCUT2D eigenvalue weighted by Crippen LogP contribution is 2.29. The molecule has 8 rings (SSSR count). The van der Waals surface area contributed by atoms with E-state index in [0.717, 1.165) is 34.4 Å². The van der Waals surface area contributed by atoms with E-state index in [-0.39, 0.29) is 53.9 Å². The third-order valence-electron chi connectivity index (χ3n) is 10.4. The molecule has 1 unspecified atom stereocenters. The highest BCUT2D eigenvalue weighted by molar-refractivity contribution is 7.89. The number of rotatable bonds is 10. The molecule has 0 spiro atoms. The number of fused-ring (bicyclic) bond motifs is 2. The van der Waals surface area contributed by atoms with Gasteiger partial charge in [-0.1, -0.05) is 60.7 Å². The molecule has 282 valence electrons. The zero-order valence-electron chi connectivity index (χ0n) is 29.8. The summed E-state index contributed by atoms with van der Waals surface area (Å²) in [6, 6.07) is 25.6. The molecule has 4 heterocycles. The molecule has 4 aromatic carbocycles. The Morgan fingerprint density at radius 2 is 1.22 bits per heavy atom. The van der Waals surface area contributed by atoms with Crippen LogP contribution in [-0.4, -0.2) is 113 Å². The first-order valence-electron chi connectivity index (χ1n) is 18.3. The van der Waals surface area contributed by atoms with Gasteiger partial charge in [-0.25, -0.2) is 21.8 Å². The first-order valence-corrected chi connectivity index (χ1v) is 21.2. The molecule has 0 saturated carbocycles. The van der Waals surface area contributed by atoms with E-state index in [1.165, 1.54) is 14.8 Å². The lowest BCUT2D eigenvalue weighted by molar-refractivity contribution is -0.155. The Morgan fingerprint density at radius 1 is 0.685 bits per heavy atom. The van der Waals surface area contributed by atoms with Gasteiger partial charge < -0.3 is 19.3 Å². The summed E-state index contributed by atoms with van der Waals surface area (Å²) in [5.74, 6) is 0.461. The Kier molecular flexibility index (Phi) is 10.3. The first kappa shape index (κ1) is 36.5. The summed E-state index contributed by atoms with van der Waals surface area (Å²) in [5, 5.41) is 3.64. The van der Waals surface area contributed by atoms with Gasteiger partial charge in [0.1, 0.15) is 12.4 Å². The largest absolute Gasteiger partial charge is 0.353 e. The second-order valence-electron chi connectivity index (χ2n) is 13.7. The minimum Gasteiger partial charge on any atom is -0.353 e. The van der Waals surface area contributed by atoms with E-state index in [9.17, 15) is 21.6 Å². The van der Waals surface area contributed by atoms with Gasteiger partial charge in [-0.15, -0.1) is 0 Å². The molecule has 0 radical (unpaired) electrons. The van der Waals surface area contributed by atoms with E-state index < -0.39 is 26.3 Å². The predicted octanol–water partition coefficient (Wildman–Crippen LogP) is 4.53. The van der Waals surface area contributed by atoms with Crippen molar-refractivity contribution in [1.82, 2.24) is 18.6 Å². The Morgan fingerprint density at radius 3 is 1.76 bits per heavy atom. The average Bonchev–Trinajstić information content (AvgIpc) is 3.22. The van der Waals surface area contributed by atoms with Crippen molar-refractivity contribution in [3.63, 3.8) is 0 Å². The fraction of sp³-hybridized carbons (Fsp3) is 0.359. The zero-order valence-corrected chi connectivity index (χ0v) is 31.4. The van der Waals surface area contributed by atoms with E-state index in [1.54, 1.807) is 24.3 Å². The van der Waals surface area contributed by atoms with Gasteiger partial charge in [0.25, 0.3) is 0 Å². The molecule has 0 aliphatic carbocycles. The van der Waals surface area contributed by atoms with E-state index in [4.69, 9.17) is 14.5 Å². The number of carbonyl (C=O) groups is 1. The topological polar surface area (TPSA) is 143 Å². The van der Waals surface area contributed by atoms with Crippen LogP contribution in [0.1, 0.15) is 29.6 Å². The fourth-order valence-electron chi connectivity index (χ4n) is 7.27. The summed E-state index contributed by atoms with van der Waals surface area (Å²) >= 11 is 0. The molecule has 3 saturated heterocycles. The molecule has 13 nitrogen and oxygen atoms in total. The average molecular weight is 771 g/mol. The number of hydrogen-bond acceptors (Lipinski definition) is 11. The van der Waals surface area contributed by atoms with Crippen LogP contribution in [0.2, 0.25) is 0 Å². The number of ether oxygens (including phenoxy) is 2. The van der Waals surface area contributed by atoms with Gasteiger partial charge in [0.15, 0.2) is 12.1 Å². The van der Waals surface area contributed by atoms with Crippen LogP contribution in [0.25, 0.3) is 21.5 Å². The molecule has 0 bridgehead atoms. The van der Waals surface area contributed by atoms with Gasteiger partial charge >= 0.3 is 0 Å². The zero-order chi connectivity index (χ0) is 37.3. The van der Waals surface area contributed by atoms with Gasteiger partial charge in [0.2, 0.25) is 26.0 Å². The molecular formula is C39H42N6O7S2. The molecule has 3 aliphatic heterocycles. The molecule has 1 atom stereocenters. The van der Waals surface area contributed by atoms with E-state index in [0.29, 0.717) is 51.0 Å². The summed E-state index contributed by atoms with van der Waals surface area (Å²) in [4.78, 5) is 27.4. The number of piperazine rings is 2. The summed E-state index contributed by atoms with van der Waals surface area (Å²) < 4.78 is 69.2. The quantitative estimate of drug-likeness (QED) is 0.185. The van der Waals surface area contributed by atoms with E-state index >= 15 is 0 Å². The van der Waals surface area contributed by atoms with Gasteiger partial charge in [0, 0.05) is 65.2 Å². The lowest BCUT2D eigenvalue weighted by Gasteiger charge is -2.37. The predicted molar refractivity (Wildman–Crippen MR) is 206 cm³/mol. The van der Waals surface area contributed by atoms with Crippen molar-refractivity contribution < 1.29 is 31.1 Å². The van der Waals surface area contributed by atoms with Gasteiger partial charge in [-0.05, 0) is 65.1 Å². The number of hydrogen-bond donors (Lipinski definition) is 0. The SMILES string of the molecule is O=C(COC1CCCCO1)c1cnc(N2CCN(S(=O)(=O)c3ccc4ccccc4c3)CC2)nc1N1CCN(S(=O)(=O)c2ccc3ccccc3c2)CC1. The number of anilines is 2. The number of benzene rings is 4. The molecule has 3 fully saturated rings. The first-order chi connectivity index (χ1) is 26.2. The molecule has 0 amide bonds. The van der Waals surface area contributed by atoms with Crippen LogP contribution in [-0.2, 0) is 29.5 Å². The maximum atomic E-state index is 13.7. The highest BCUT2D eigenvalue weighted by Gasteiger charge is 2.33. The van der Waals surface area contributed by atoms with Crippen LogP contribution < -0.4 is 9.80 Å². The summed E-state index contributed by atoms with van der Waals surface area (Å²) in [6.07, 6.45) is 3.69. The van der Waals surface area contributed by atoms with Crippen LogP contribution in [0.5, 0.6) is 0 Å². The van der Waals surface area contributed by atoms with Crippen molar-refractivity contribution in [1.29, 1.82) is 0 Å². The molecule has 15 heteroatoms. The molecular weight excluding hydrogens is 729 g/mol. The standard InChI is InChI=1S/C39H42N6O7S2/c46-36(28-52-37-11-5-6-24-51-37)35-27-40-39(43-18-22-45(23-19-43)54(49,50)34-15-13-30-8-2-4-10-32(30)26-34)41-38(35)42-16-20-44(21-17-42)53(47,48)33-14-12-29-7-1-3-9-31(29)25-33/h1-4,7-10,12-15,25-27,37H,5-6,11,16-24,28H2. The monoisotopic (exact) mass is 770 g/mol. The second kappa shape index (κ2) is 15.3. The number of Topliss-reactive ketones (excluding diaryl/α,β-unsaturated/α-hetero) is 1. The van der Waals surface area contributed by atoms with Crippen LogP contribution in [0.4, 0.5) is 11.8 Å². The number of ketones is 1. The lowest BCUT2D eigenvalue weighted by Crippen LogP contribution is -2.50. The highest BCUT2D eigenvalue weighted by atomic mass is 32.2. The van der Waals surface area contributed by atoms with Gasteiger partial charge in [-0.2, -0.15) is 13.6 Å². The maximum absolute atomic E-state index is 13.7. The third kappa shape index (κ3) is 7.44. The van der Waals surface area contributed by atoms with Gasteiger partial charge in [-0.3, -0.25) is 4.79 Å². The lowest BCUT2D eigenvalue weighted by atomic mass is 10.1. The summed E-state index contributed by atoms with van der Waals surface area (Å²) in [7, 11) is -7.50. The fourth-order valence-corrected chi connectivity index (χ4v) is 10.2. The Labute approximate surface area is 315 Å². The van der Waals surface area contributed by atoms with Crippen molar-refractivity contribution >= 4 is 59.1 Å². The Balaban J connectivity index is 0.996. The number of nitrogens with zero attached hydrogens (tertiary/aromatic N) is 6.